The van der Waals surface area contributed by atoms with E-state index in [1.165, 1.54) is 32.1 Å². The summed E-state index contributed by atoms with van der Waals surface area (Å²) in [5, 5.41) is 5.63. The lowest BCUT2D eigenvalue weighted by Crippen LogP contribution is -2.58. The second kappa shape index (κ2) is 7.77. The van der Waals surface area contributed by atoms with E-state index in [1.807, 2.05) is 6.26 Å². The first kappa shape index (κ1) is 21.3. The zero-order valence-electron chi connectivity index (χ0n) is 18.8. The third-order valence-electron chi connectivity index (χ3n) is 9.44. The van der Waals surface area contributed by atoms with Crippen LogP contribution in [-0.4, -0.2) is 29.0 Å². The first-order chi connectivity index (χ1) is 14.8. The van der Waals surface area contributed by atoms with Crippen molar-refractivity contribution in [2.24, 2.45) is 34.5 Å². The number of pyridine rings is 1. The van der Waals surface area contributed by atoms with Gasteiger partial charge in [0.1, 0.15) is 12.1 Å². The van der Waals surface area contributed by atoms with Gasteiger partial charge in [-0.15, -0.1) is 5.06 Å². The summed E-state index contributed by atoms with van der Waals surface area (Å²) in [7, 11) is 2.08. The van der Waals surface area contributed by atoms with Crippen LogP contribution in [0.3, 0.4) is 0 Å². The van der Waals surface area contributed by atoms with Gasteiger partial charge in [0.05, 0.1) is 11.1 Å². The molecule has 7 atom stereocenters. The molecule has 0 aromatic carbocycles. The fraction of sp³-hybridized carbons (Fsp3) is 0.680. The number of nitrogens with zero attached hydrogens (tertiary/aromatic N) is 2. The molecule has 2 heterocycles. The number of carbonyl (C=O) groups is 1. The van der Waals surface area contributed by atoms with Gasteiger partial charge in [-0.3, -0.25) is 4.79 Å². The fourth-order valence-electron chi connectivity index (χ4n) is 7.84. The van der Waals surface area contributed by atoms with Crippen molar-refractivity contribution in [2.45, 2.75) is 64.8 Å². The summed E-state index contributed by atoms with van der Waals surface area (Å²) in [5.41, 5.74) is 0.447. The molecular weight excluding hydrogens is 410 g/mol. The topological polar surface area (TPSA) is 54.5 Å². The number of fused-ring (bicyclic) bond motifs is 5. The maximum atomic E-state index is 12.8. The zero-order valence-corrected chi connectivity index (χ0v) is 19.6. The van der Waals surface area contributed by atoms with E-state index < -0.39 is 0 Å². The van der Waals surface area contributed by atoms with E-state index in [1.54, 1.807) is 18.3 Å². The van der Waals surface area contributed by atoms with Gasteiger partial charge in [-0.25, -0.2) is 4.98 Å². The highest BCUT2D eigenvalue weighted by atomic mass is 35.5. The Hall–Kier alpha value is -1.59. The highest BCUT2D eigenvalue weighted by Gasteiger charge is 2.60. The Bertz CT molecular complexity index is 874. The first-order valence-corrected chi connectivity index (χ1v) is 12.2. The molecule has 0 saturated heterocycles. The van der Waals surface area contributed by atoms with E-state index in [-0.39, 0.29) is 16.7 Å². The maximum absolute atomic E-state index is 12.8. The summed E-state index contributed by atoms with van der Waals surface area (Å²) < 4.78 is 0. The van der Waals surface area contributed by atoms with Gasteiger partial charge in [0, 0.05) is 25.1 Å². The number of halogens is 1. The lowest BCUT2D eigenvalue weighted by Gasteiger charge is -2.59. The molecule has 5 rings (SSSR count). The molecule has 4 aliphatic rings. The standard InChI is InChI=1S/C25H34ClN3O2/c1-24-11-10-20-18(6-8-21-25(20,2)12-13-31-29(21)3)19(24)7-4-16(24)14-23(30)28-22-9-5-17(26)15-27-22/h5,9,12-13,15-16,18-21H,4,6-8,10-11,14H2,1-3H3,(H,27,28,30)/t16-,18+,19+,20+,21-,24-,25-/m1/s1. The van der Waals surface area contributed by atoms with Gasteiger partial charge in [0.25, 0.3) is 0 Å². The van der Waals surface area contributed by atoms with Crippen LogP contribution in [0.5, 0.6) is 0 Å². The van der Waals surface area contributed by atoms with Gasteiger partial charge >= 0.3 is 0 Å². The van der Waals surface area contributed by atoms with Gasteiger partial charge < -0.3 is 10.2 Å². The van der Waals surface area contributed by atoms with Crippen LogP contribution in [0.25, 0.3) is 0 Å². The van der Waals surface area contributed by atoms with E-state index in [4.69, 9.17) is 16.4 Å². The van der Waals surface area contributed by atoms with Crippen LogP contribution in [0.4, 0.5) is 5.82 Å². The summed E-state index contributed by atoms with van der Waals surface area (Å²) >= 11 is 5.91. The van der Waals surface area contributed by atoms with Crippen LogP contribution >= 0.6 is 11.6 Å². The Morgan fingerprint density at radius 3 is 2.84 bits per heavy atom. The first-order valence-electron chi connectivity index (χ1n) is 11.8. The van der Waals surface area contributed by atoms with E-state index in [2.05, 4.69) is 42.3 Å². The molecule has 0 bridgehead atoms. The molecule has 31 heavy (non-hydrogen) atoms. The minimum absolute atomic E-state index is 0.0773. The quantitative estimate of drug-likeness (QED) is 0.652. The van der Waals surface area contributed by atoms with Crippen molar-refractivity contribution in [3.8, 4) is 0 Å². The van der Waals surface area contributed by atoms with Crippen LogP contribution in [-0.2, 0) is 9.63 Å². The van der Waals surface area contributed by atoms with Crippen molar-refractivity contribution in [3.05, 3.63) is 35.7 Å². The molecule has 3 fully saturated rings. The lowest BCUT2D eigenvalue weighted by molar-refractivity contribution is -0.196. The van der Waals surface area contributed by atoms with Gasteiger partial charge in [-0.05, 0) is 85.8 Å². The average molecular weight is 444 g/mol. The van der Waals surface area contributed by atoms with Crippen molar-refractivity contribution < 1.29 is 9.63 Å². The molecule has 3 aliphatic carbocycles. The van der Waals surface area contributed by atoms with Gasteiger partial charge in [-0.2, -0.15) is 0 Å². The molecule has 0 unspecified atom stereocenters. The number of nitrogens with one attached hydrogen (secondary N) is 1. The molecule has 1 aromatic rings. The Morgan fingerprint density at radius 2 is 2.06 bits per heavy atom. The second-order valence-electron chi connectivity index (χ2n) is 10.7. The molecule has 0 spiro atoms. The van der Waals surface area contributed by atoms with Crippen LogP contribution in [0.1, 0.15) is 58.8 Å². The number of rotatable bonds is 3. The van der Waals surface area contributed by atoms with Crippen molar-refractivity contribution >= 4 is 23.3 Å². The van der Waals surface area contributed by atoms with Crippen LogP contribution in [0.2, 0.25) is 5.02 Å². The number of hydroxylamine groups is 2. The molecule has 0 radical (unpaired) electrons. The molecule has 1 N–H and O–H groups in total. The van der Waals surface area contributed by atoms with Gasteiger partial charge in [0.15, 0.2) is 0 Å². The van der Waals surface area contributed by atoms with E-state index in [9.17, 15) is 4.79 Å². The molecule has 1 amide bonds. The Labute approximate surface area is 190 Å². The van der Waals surface area contributed by atoms with Crippen LogP contribution in [0, 0.1) is 34.5 Å². The number of anilines is 1. The summed E-state index contributed by atoms with van der Waals surface area (Å²) in [4.78, 5) is 22.7. The molecule has 6 heteroatoms. The third-order valence-corrected chi connectivity index (χ3v) is 9.67. The smallest absolute Gasteiger partial charge is 0.225 e. The van der Waals surface area contributed by atoms with E-state index in [0.717, 1.165) is 18.3 Å². The fourth-order valence-corrected chi connectivity index (χ4v) is 7.95. The number of aromatic nitrogens is 1. The number of amides is 1. The third kappa shape index (κ3) is 3.48. The summed E-state index contributed by atoms with van der Waals surface area (Å²) in [6.07, 6.45) is 13.8. The Morgan fingerprint density at radius 1 is 1.23 bits per heavy atom. The summed E-state index contributed by atoms with van der Waals surface area (Å²) in [6, 6.07) is 4.00. The number of carbonyl (C=O) groups excluding carboxylic acids is 1. The predicted octanol–water partition coefficient (Wildman–Crippen LogP) is 5.68. The maximum Gasteiger partial charge on any atom is 0.225 e. The van der Waals surface area contributed by atoms with Crippen molar-refractivity contribution in [1.82, 2.24) is 10.0 Å². The largest absolute Gasteiger partial charge is 0.414 e. The minimum atomic E-state index is 0.0773. The molecule has 1 aliphatic heterocycles. The monoisotopic (exact) mass is 443 g/mol. The Kier molecular flexibility index (Phi) is 5.33. The average Bonchev–Trinajstić information content (AvgIpc) is 3.06. The second-order valence-corrected chi connectivity index (χ2v) is 11.2. The van der Waals surface area contributed by atoms with Crippen molar-refractivity contribution in [2.75, 3.05) is 12.4 Å². The molecule has 3 saturated carbocycles. The van der Waals surface area contributed by atoms with E-state index in [0.29, 0.717) is 35.1 Å². The van der Waals surface area contributed by atoms with Gasteiger partial charge in [0.2, 0.25) is 5.91 Å². The van der Waals surface area contributed by atoms with Crippen molar-refractivity contribution in [1.29, 1.82) is 0 Å². The molecule has 5 nitrogen and oxygen atoms in total. The zero-order chi connectivity index (χ0) is 21.8. The normalized spacial score (nSPS) is 41.6. The molecule has 1 aromatic heterocycles. The summed E-state index contributed by atoms with van der Waals surface area (Å²) in [5.74, 6) is 3.29. The van der Waals surface area contributed by atoms with E-state index >= 15 is 0 Å². The lowest BCUT2D eigenvalue weighted by atomic mass is 9.48. The van der Waals surface area contributed by atoms with Crippen LogP contribution < -0.4 is 5.32 Å². The van der Waals surface area contributed by atoms with Crippen LogP contribution in [0.15, 0.2) is 30.7 Å². The molecular formula is C25H34ClN3O2. The minimum Gasteiger partial charge on any atom is -0.414 e. The number of hydrogen-bond acceptors (Lipinski definition) is 4. The van der Waals surface area contributed by atoms with Crippen molar-refractivity contribution in [3.63, 3.8) is 0 Å². The number of hydrogen-bond donors (Lipinski definition) is 1. The molecule has 168 valence electrons. The summed E-state index contributed by atoms with van der Waals surface area (Å²) in [6.45, 7) is 4.92. The highest BCUT2D eigenvalue weighted by molar-refractivity contribution is 6.30. The predicted molar refractivity (Wildman–Crippen MR) is 122 cm³/mol. The Balaban J connectivity index is 1.30. The van der Waals surface area contributed by atoms with Gasteiger partial charge in [-0.1, -0.05) is 25.4 Å². The SMILES string of the molecule is CN1OC=C[C@]2(C)[C@H]3CC[C@]4(C)[C@@H](CC(=O)Nc5ccc(Cl)cn5)CC[C@H]4[C@@H]3CC[C@@H]12. The highest BCUT2D eigenvalue weighted by Crippen LogP contribution is 2.65.